The molecule has 1 aliphatic rings. The normalized spacial score (nSPS) is 19.9. The maximum Gasteiger partial charge on any atom is 0.119 e. The van der Waals surface area contributed by atoms with Gasteiger partial charge in [-0.2, -0.15) is 0 Å². The van der Waals surface area contributed by atoms with Gasteiger partial charge < -0.3 is 15.6 Å². The van der Waals surface area contributed by atoms with Crippen LogP contribution in [0.4, 0.5) is 0 Å². The third-order valence-electron chi connectivity index (χ3n) is 4.40. The lowest BCUT2D eigenvalue weighted by atomic mass is 9.90. The number of rotatable bonds is 5. The summed E-state index contributed by atoms with van der Waals surface area (Å²) >= 11 is 0. The molecule has 3 N–H and O–H groups in total. The lowest BCUT2D eigenvalue weighted by Crippen LogP contribution is -2.34. The monoisotopic (exact) mass is 277 g/mol. The SMILES string of the molecule is CC1(COc2ccc(C(N)C(C)(C)O)cc2)CCCC1. The van der Waals surface area contributed by atoms with Crippen LogP contribution in [0.25, 0.3) is 0 Å². The van der Waals surface area contributed by atoms with E-state index in [0.717, 1.165) is 17.9 Å². The molecule has 112 valence electrons. The number of nitrogens with two attached hydrogens (primary N) is 1. The average Bonchev–Trinajstić information content (AvgIpc) is 2.83. The van der Waals surface area contributed by atoms with Crippen molar-refractivity contribution in [1.82, 2.24) is 0 Å². The summed E-state index contributed by atoms with van der Waals surface area (Å²) in [5.74, 6) is 0.879. The maximum atomic E-state index is 9.93. The van der Waals surface area contributed by atoms with Gasteiger partial charge in [-0.25, -0.2) is 0 Å². The third kappa shape index (κ3) is 3.74. The fourth-order valence-corrected chi connectivity index (χ4v) is 2.81. The Labute approximate surface area is 122 Å². The van der Waals surface area contributed by atoms with E-state index in [1.165, 1.54) is 25.7 Å². The molecule has 0 aliphatic heterocycles. The summed E-state index contributed by atoms with van der Waals surface area (Å²) in [5.41, 5.74) is 6.37. The minimum atomic E-state index is -0.917. The molecule has 1 saturated carbocycles. The van der Waals surface area contributed by atoms with Crippen molar-refractivity contribution in [2.75, 3.05) is 6.61 Å². The first kappa shape index (κ1) is 15.3. The molecular weight excluding hydrogens is 250 g/mol. The molecule has 20 heavy (non-hydrogen) atoms. The lowest BCUT2D eigenvalue weighted by Gasteiger charge is -2.26. The van der Waals surface area contributed by atoms with Gasteiger partial charge in [0.25, 0.3) is 0 Å². The van der Waals surface area contributed by atoms with Crippen molar-refractivity contribution in [3.8, 4) is 5.75 Å². The molecule has 3 nitrogen and oxygen atoms in total. The van der Waals surface area contributed by atoms with Gasteiger partial charge in [-0.05, 0) is 44.4 Å². The summed E-state index contributed by atoms with van der Waals surface area (Å²) < 4.78 is 5.91. The summed E-state index contributed by atoms with van der Waals surface area (Å²) in [6.45, 7) is 6.54. The predicted octanol–water partition coefficient (Wildman–Crippen LogP) is 3.42. The van der Waals surface area contributed by atoms with E-state index in [0.29, 0.717) is 5.41 Å². The van der Waals surface area contributed by atoms with Crippen LogP contribution < -0.4 is 10.5 Å². The van der Waals surface area contributed by atoms with Crippen LogP contribution in [-0.2, 0) is 0 Å². The van der Waals surface area contributed by atoms with Crippen molar-refractivity contribution in [2.45, 2.75) is 58.1 Å². The van der Waals surface area contributed by atoms with Crippen molar-refractivity contribution < 1.29 is 9.84 Å². The zero-order valence-corrected chi connectivity index (χ0v) is 12.9. The van der Waals surface area contributed by atoms with Gasteiger partial charge in [0.05, 0.1) is 18.2 Å². The summed E-state index contributed by atoms with van der Waals surface area (Å²) in [5, 5.41) is 9.93. The molecule has 0 radical (unpaired) electrons. The Kier molecular flexibility index (Phi) is 4.40. The van der Waals surface area contributed by atoms with E-state index >= 15 is 0 Å². The second kappa shape index (κ2) is 5.74. The molecule has 0 heterocycles. The van der Waals surface area contributed by atoms with Gasteiger partial charge in [0.1, 0.15) is 5.75 Å². The molecule has 0 amide bonds. The molecule has 0 saturated heterocycles. The van der Waals surface area contributed by atoms with Gasteiger partial charge in [-0.15, -0.1) is 0 Å². The summed E-state index contributed by atoms with van der Waals surface area (Å²) in [7, 11) is 0. The summed E-state index contributed by atoms with van der Waals surface area (Å²) in [4.78, 5) is 0. The molecule has 1 aliphatic carbocycles. The van der Waals surface area contributed by atoms with Crippen molar-refractivity contribution in [1.29, 1.82) is 0 Å². The Hall–Kier alpha value is -1.06. The number of aliphatic hydroxyl groups is 1. The van der Waals surface area contributed by atoms with Crippen LogP contribution in [-0.4, -0.2) is 17.3 Å². The van der Waals surface area contributed by atoms with Gasteiger partial charge in [0.15, 0.2) is 0 Å². The molecule has 1 aromatic carbocycles. The standard InChI is InChI=1S/C17H27NO2/c1-16(2,19)15(18)13-6-8-14(9-7-13)20-12-17(3)10-4-5-11-17/h6-9,15,19H,4-5,10-12,18H2,1-3H3. The largest absolute Gasteiger partial charge is 0.493 e. The fraction of sp³-hybridized carbons (Fsp3) is 0.647. The third-order valence-corrected chi connectivity index (χ3v) is 4.40. The Balaban J connectivity index is 1.95. The van der Waals surface area contributed by atoms with E-state index < -0.39 is 5.60 Å². The van der Waals surface area contributed by atoms with Crippen LogP contribution in [0.1, 0.15) is 58.1 Å². The molecule has 1 atom stereocenters. The molecule has 1 unspecified atom stereocenters. The zero-order chi connectivity index (χ0) is 14.8. The van der Waals surface area contributed by atoms with Crippen LogP contribution in [0.2, 0.25) is 0 Å². The Morgan fingerprint density at radius 1 is 1.25 bits per heavy atom. The Bertz CT molecular complexity index is 427. The van der Waals surface area contributed by atoms with Gasteiger partial charge >= 0.3 is 0 Å². The first-order valence-corrected chi connectivity index (χ1v) is 7.51. The van der Waals surface area contributed by atoms with E-state index in [1.807, 2.05) is 24.3 Å². The predicted molar refractivity (Wildman–Crippen MR) is 81.7 cm³/mol. The highest BCUT2D eigenvalue weighted by Gasteiger charge is 2.29. The van der Waals surface area contributed by atoms with Crippen molar-refractivity contribution in [3.05, 3.63) is 29.8 Å². The molecule has 0 spiro atoms. The van der Waals surface area contributed by atoms with Crippen LogP contribution in [0.5, 0.6) is 5.75 Å². The van der Waals surface area contributed by atoms with Crippen LogP contribution in [0.15, 0.2) is 24.3 Å². The van der Waals surface area contributed by atoms with E-state index in [4.69, 9.17) is 10.5 Å². The second-order valence-electron chi connectivity index (χ2n) is 7.01. The minimum Gasteiger partial charge on any atom is -0.493 e. The minimum absolute atomic E-state index is 0.335. The second-order valence-corrected chi connectivity index (χ2v) is 7.01. The molecular formula is C17H27NO2. The van der Waals surface area contributed by atoms with Crippen LogP contribution >= 0.6 is 0 Å². The highest BCUT2D eigenvalue weighted by molar-refractivity contribution is 5.30. The van der Waals surface area contributed by atoms with Gasteiger partial charge in [0.2, 0.25) is 0 Å². The highest BCUT2D eigenvalue weighted by Crippen LogP contribution is 2.37. The quantitative estimate of drug-likeness (QED) is 0.867. The van der Waals surface area contributed by atoms with E-state index in [1.54, 1.807) is 13.8 Å². The van der Waals surface area contributed by atoms with Gasteiger partial charge in [-0.1, -0.05) is 31.9 Å². The summed E-state index contributed by atoms with van der Waals surface area (Å²) in [6.07, 6.45) is 5.15. The number of benzene rings is 1. The highest BCUT2D eigenvalue weighted by atomic mass is 16.5. The molecule has 2 rings (SSSR count). The molecule has 0 bridgehead atoms. The maximum absolute atomic E-state index is 9.93. The first-order chi connectivity index (χ1) is 9.30. The zero-order valence-electron chi connectivity index (χ0n) is 12.9. The molecule has 1 fully saturated rings. The van der Waals surface area contributed by atoms with Crippen LogP contribution in [0, 0.1) is 5.41 Å². The van der Waals surface area contributed by atoms with E-state index in [2.05, 4.69) is 6.92 Å². The fourth-order valence-electron chi connectivity index (χ4n) is 2.81. The van der Waals surface area contributed by atoms with Crippen LogP contribution in [0.3, 0.4) is 0 Å². The molecule has 0 aromatic heterocycles. The average molecular weight is 277 g/mol. The topological polar surface area (TPSA) is 55.5 Å². The molecule has 1 aromatic rings. The van der Waals surface area contributed by atoms with Gasteiger partial charge in [-0.3, -0.25) is 0 Å². The van der Waals surface area contributed by atoms with Crippen molar-refractivity contribution in [3.63, 3.8) is 0 Å². The van der Waals surface area contributed by atoms with Gasteiger partial charge in [0, 0.05) is 5.41 Å². The van der Waals surface area contributed by atoms with E-state index in [9.17, 15) is 5.11 Å². The number of hydrogen-bond donors (Lipinski definition) is 2. The smallest absolute Gasteiger partial charge is 0.119 e. The first-order valence-electron chi connectivity index (χ1n) is 7.51. The number of ether oxygens (including phenoxy) is 1. The Morgan fingerprint density at radius 3 is 2.30 bits per heavy atom. The van der Waals surface area contributed by atoms with E-state index in [-0.39, 0.29) is 6.04 Å². The summed E-state index contributed by atoms with van der Waals surface area (Å²) in [6, 6.07) is 7.38. The van der Waals surface area contributed by atoms with Crippen molar-refractivity contribution >= 4 is 0 Å². The number of hydrogen-bond acceptors (Lipinski definition) is 3. The molecule has 3 heteroatoms. The lowest BCUT2D eigenvalue weighted by molar-refractivity contribution is 0.0517. The van der Waals surface area contributed by atoms with Crippen molar-refractivity contribution in [2.24, 2.45) is 11.1 Å². The Morgan fingerprint density at radius 2 is 1.80 bits per heavy atom.